The van der Waals surface area contributed by atoms with Crippen molar-refractivity contribution < 1.29 is 8.78 Å². The number of aromatic nitrogens is 3. The summed E-state index contributed by atoms with van der Waals surface area (Å²) in [5.74, 6) is 0.0871. The maximum absolute atomic E-state index is 14.1. The zero-order valence-corrected chi connectivity index (χ0v) is 16.9. The Morgan fingerprint density at radius 1 is 0.862 bits per heavy atom. The van der Waals surface area contributed by atoms with Crippen LogP contribution < -0.4 is 0 Å². The minimum atomic E-state index is -0.456. The van der Waals surface area contributed by atoms with Crippen molar-refractivity contribution in [1.29, 1.82) is 0 Å². The molecule has 0 amide bonds. The smallest absolute Gasteiger partial charge is 0.196 e. The average molecular weight is 407 g/mol. The lowest BCUT2D eigenvalue weighted by molar-refractivity contribution is 0.591. The largest absolute Gasteiger partial charge is 0.270 e. The molecule has 146 valence electrons. The topological polar surface area (TPSA) is 30.7 Å². The summed E-state index contributed by atoms with van der Waals surface area (Å²) in [5.41, 5.74) is 4.39. The van der Waals surface area contributed by atoms with Gasteiger partial charge >= 0.3 is 0 Å². The van der Waals surface area contributed by atoms with E-state index in [4.69, 9.17) is 0 Å². The standard InChI is InChI=1S/C23H19F2N3S/c1-15-7-3-5-9-19(15)22-26-27-23(28(22)21-10-6-4-8-16(21)2)29-14-17-13-18(24)11-12-20(17)25/h3-13H,14H2,1-2H3. The van der Waals surface area contributed by atoms with E-state index >= 15 is 0 Å². The van der Waals surface area contributed by atoms with E-state index < -0.39 is 11.6 Å². The number of benzene rings is 3. The van der Waals surface area contributed by atoms with Crippen molar-refractivity contribution >= 4 is 11.8 Å². The fraction of sp³-hybridized carbons (Fsp3) is 0.130. The van der Waals surface area contributed by atoms with Crippen molar-refractivity contribution in [2.45, 2.75) is 24.8 Å². The van der Waals surface area contributed by atoms with Crippen LogP contribution in [0, 0.1) is 25.5 Å². The molecule has 0 aliphatic heterocycles. The second-order valence-corrected chi connectivity index (χ2v) is 7.71. The molecule has 1 aromatic heterocycles. The SMILES string of the molecule is Cc1ccccc1-c1nnc(SCc2cc(F)ccc2F)n1-c1ccccc1C. The van der Waals surface area contributed by atoms with Gasteiger partial charge in [-0.25, -0.2) is 8.78 Å². The molecule has 0 bridgehead atoms. The van der Waals surface area contributed by atoms with Crippen molar-refractivity contribution in [3.63, 3.8) is 0 Å². The van der Waals surface area contributed by atoms with E-state index in [1.54, 1.807) is 0 Å². The van der Waals surface area contributed by atoms with Crippen molar-refractivity contribution in [3.05, 3.63) is 95.1 Å². The van der Waals surface area contributed by atoms with Gasteiger partial charge in [-0.3, -0.25) is 4.57 Å². The summed E-state index contributed by atoms with van der Waals surface area (Å²) in [7, 11) is 0. The Morgan fingerprint density at radius 2 is 1.59 bits per heavy atom. The first-order valence-corrected chi connectivity index (χ1v) is 10.2. The Kier molecular flexibility index (Phi) is 5.45. The minimum absolute atomic E-state index is 0.251. The Labute approximate surface area is 172 Å². The molecule has 0 radical (unpaired) electrons. The van der Waals surface area contributed by atoms with E-state index in [1.165, 1.54) is 17.8 Å². The first-order chi connectivity index (χ1) is 14.0. The number of nitrogens with zero attached hydrogens (tertiary/aromatic N) is 3. The fourth-order valence-electron chi connectivity index (χ4n) is 3.19. The predicted molar refractivity (Wildman–Crippen MR) is 112 cm³/mol. The summed E-state index contributed by atoms with van der Waals surface area (Å²) in [6.07, 6.45) is 0. The number of hydrogen-bond acceptors (Lipinski definition) is 3. The quantitative estimate of drug-likeness (QED) is 0.373. The maximum atomic E-state index is 14.1. The van der Waals surface area contributed by atoms with Gasteiger partial charge in [0.05, 0.1) is 5.69 Å². The number of aryl methyl sites for hydroxylation is 2. The molecule has 1 heterocycles. The van der Waals surface area contributed by atoms with E-state index in [1.807, 2.05) is 66.9 Å². The first-order valence-electron chi connectivity index (χ1n) is 9.19. The monoisotopic (exact) mass is 407 g/mol. The molecular formula is C23H19F2N3S. The molecule has 0 atom stereocenters. The molecule has 0 aliphatic carbocycles. The van der Waals surface area contributed by atoms with Crippen molar-refractivity contribution in [2.75, 3.05) is 0 Å². The third-order valence-electron chi connectivity index (χ3n) is 4.74. The molecule has 0 saturated carbocycles. The molecule has 3 aromatic carbocycles. The molecule has 3 nitrogen and oxygen atoms in total. The van der Waals surface area contributed by atoms with E-state index in [0.717, 1.165) is 40.3 Å². The van der Waals surface area contributed by atoms with Gasteiger partial charge in [-0.1, -0.05) is 54.2 Å². The van der Waals surface area contributed by atoms with Crippen LogP contribution in [0.15, 0.2) is 71.9 Å². The molecule has 0 fully saturated rings. The highest BCUT2D eigenvalue weighted by Crippen LogP contribution is 2.32. The Hall–Kier alpha value is -2.99. The van der Waals surface area contributed by atoms with Crippen LogP contribution in [0.1, 0.15) is 16.7 Å². The van der Waals surface area contributed by atoms with Crippen LogP contribution in [0.4, 0.5) is 8.78 Å². The van der Waals surface area contributed by atoms with Crippen molar-refractivity contribution in [3.8, 4) is 17.1 Å². The molecule has 0 saturated heterocycles. The molecule has 4 rings (SSSR count). The number of thioether (sulfide) groups is 1. The Bertz CT molecular complexity index is 1170. The highest BCUT2D eigenvalue weighted by Gasteiger charge is 2.19. The Morgan fingerprint density at radius 3 is 2.34 bits per heavy atom. The average Bonchev–Trinajstić information content (AvgIpc) is 3.13. The third kappa shape index (κ3) is 3.93. The van der Waals surface area contributed by atoms with E-state index in [2.05, 4.69) is 10.2 Å². The highest BCUT2D eigenvalue weighted by molar-refractivity contribution is 7.98. The van der Waals surface area contributed by atoms with Gasteiger partial charge in [0, 0.05) is 16.9 Å². The van der Waals surface area contributed by atoms with Crippen LogP contribution in [0.3, 0.4) is 0 Å². The van der Waals surface area contributed by atoms with Crippen LogP contribution in [-0.4, -0.2) is 14.8 Å². The third-order valence-corrected chi connectivity index (χ3v) is 5.72. The van der Waals surface area contributed by atoms with Gasteiger partial charge in [0.25, 0.3) is 0 Å². The zero-order chi connectivity index (χ0) is 20.4. The van der Waals surface area contributed by atoms with Crippen LogP contribution in [0.2, 0.25) is 0 Å². The molecule has 0 unspecified atom stereocenters. The summed E-state index contributed by atoms with van der Waals surface area (Å²) in [6.45, 7) is 4.05. The second-order valence-electron chi connectivity index (χ2n) is 6.77. The molecular weight excluding hydrogens is 388 g/mol. The maximum Gasteiger partial charge on any atom is 0.196 e. The fourth-order valence-corrected chi connectivity index (χ4v) is 4.11. The molecule has 0 spiro atoms. The minimum Gasteiger partial charge on any atom is -0.270 e. The summed E-state index contributed by atoms with van der Waals surface area (Å²) in [5, 5.41) is 9.45. The van der Waals surface area contributed by atoms with E-state index in [0.29, 0.717) is 10.7 Å². The van der Waals surface area contributed by atoms with Crippen LogP contribution in [0.25, 0.3) is 17.1 Å². The van der Waals surface area contributed by atoms with Gasteiger partial charge in [0.15, 0.2) is 11.0 Å². The van der Waals surface area contributed by atoms with Crippen LogP contribution in [0.5, 0.6) is 0 Å². The summed E-state index contributed by atoms with van der Waals surface area (Å²) >= 11 is 1.33. The lowest BCUT2D eigenvalue weighted by atomic mass is 10.1. The summed E-state index contributed by atoms with van der Waals surface area (Å²) < 4.78 is 29.6. The van der Waals surface area contributed by atoms with Gasteiger partial charge in [-0.15, -0.1) is 10.2 Å². The van der Waals surface area contributed by atoms with Gasteiger partial charge in [0.2, 0.25) is 0 Å². The molecule has 29 heavy (non-hydrogen) atoms. The zero-order valence-electron chi connectivity index (χ0n) is 16.1. The molecule has 0 N–H and O–H groups in total. The highest BCUT2D eigenvalue weighted by atomic mass is 32.2. The number of para-hydroxylation sites is 1. The summed E-state index contributed by atoms with van der Waals surface area (Å²) in [6, 6.07) is 19.5. The normalized spacial score (nSPS) is 11.0. The predicted octanol–water partition coefficient (Wildman–Crippen LogP) is 6.12. The van der Waals surface area contributed by atoms with Gasteiger partial charge in [-0.05, 0) is 49.2 Å². The summed E-state index contributed by atoms with van der Waals surface area (Å²) in [4.78, 5) is 0. The van der Waals surface area contributed by atoms with Gasteiger partial charge in [-0.2, -0.15) is 0 Å². The number of halogens is 2. The molecule has 6 heteroatoms. The number of rotatable bonds is 5. The number of hydrogen-bond donors (Lipinski definition) is 0. The Balaban J connectivity index is 1.79. The lowest BCUT2D eigenvalue weighted by Crippen LogP contribution is -2.03. The second kappa shape index (κ2) is 8.17. The van der Waals surface area contributed by atoms with Crippen molar-refractivity contribution in [1.82, 2.24) is 14.8 Å². The lowest BCUT2D eigenvalue weighted by Gasteiger charge is -2.14. The van der Waals surface area contributed by atoms with Gasteiger partial charge in [0.1, 0.15) is 11.6 Å². The van der Waals surface area contributed by atoms with E-state index in [-0.39, 0.29) is 5.75 Å². The van der Waals surface area contributed by atoms with Crippen LogP contribution >= 0.6 is 11.8 Å². The van der Waals surface area contributed by atoms with E-state index in [9.17, 15) is 8.78 Å². The van der Waals surface area contributed by atoms with Gasteiger partial charge < -0.3 is 0 Å². The molecule has 4 aromatic rings. The first kappa shape index (κ1) is 19.3. The molecule has 0 aliphatic rings. The van der Waals surface area contributed by atoms with Crippen LogP contribution in [-0.2, 0) is 5.75 Å². The van der Waals surface area contributed by atoms with Crippen molar-refractivity contribution in [2.24, 2.45) is 0 Å².